The largest absolute Gasteiger partial charge is 0.493 e. The average Bonchev–Trinajstić information content (AvgIpc) is 2.76. The van der Waals surface area contributed by atoms with Gasteiger partial charge in [0.05, 0.1) is 12.1 Å². The van der Waals surface area contributed by atoms with Gasteiger partial charge in [-0.3, -0.25) is 9.59 Å². The number of halogens is 1. The van der Waals surface area contributed by atoms with Crippen molar-refractivity contribution >= 4 is 23.4 Å². The van der Waals surface area contributed by atoms with E-state index in [9.17, 15) is 9.59 Å². The number of rotatable bonds is 8. The van der Waals surface area contributed by atoms with Crippen molar-refractivity contribution in [3.05, 3.63) is 82.4 Å². The number of nitrogens with one attached hydrogen (secondary N) is 1. The van der Waals surface area contributed by atoms with Gasteiger partial charge in [0.1, 0.15) is 0 Å². The Bertz CT molecular complexity index is 1110. The molecular weight excluding hydrogens is 416 g/mol. The van der Waals surface area contributed by atoms with E-state index >= 15 is 0 Å². The lowest BCUT2D eigenvalue weighted by molar-refractivity contribution is -0.119. The molecule has 0 radical (unpaired) electrons. The molecule has 2 amide bonds. The lowest BCUT2D eigenvalue weighted by Gasteiger charge is -2.13. The maximum absolute atomic E-state index is 12.7. The Morgan fingerprint density at radius 1 is 1.03 bits per heavy atom. The second-order valence-corrected chi connectivity index (χ2v) is 7.40. The van der Waals surface area contributed by atoms with E-state index in [1.165, 1.54) is 24.8 Å². The molecule has 3 aromatic rings. The lowest BCUT2D eigenvalue weighted by atomic mass is 10.0. The first-order valence-electron chi connectivity index (χ1n) is 9.60. The molecule has 0 aliphatic rings. The summed E-state index contributed by atoms with van der Waals surface area (Å²) in [5, 5.41) is 3.03. The maximum Gasteiger partial charge on any atom is 0.255 e. The van der Waals surface area contributed by atoms with Gasteiger partial charge >= 0.3 is 0 Å². The van der Waals surface area contributed by atoms with Gasteiger partial charge in [0.15, 0.2) is 18.1 Å². The number of carbonyl (C=O) groups excluding carboxylic acids is 2. The van der Waals surface area contributed by atoms with Crippen LogP contribution >= 0.6 is 11.6 Å². The molecule has 0 saturated heterocycles. The van der Waals surface area contributed by atoms with Crippen LogP contribution in [0, 0.1) is 6.92 Å². The minimum absolute atomic E-state index is 0.146. The highest BCUT2D eigenvalue weighted by Gasteiger charge is 2.16. The fraction of sp³-hybridized carbons (Fsp3) is 0.167. The molecule has 0 unspecified atom stereocenters. The number of aryl methyl sites for hydroxylation is 1. The quantitative estimate of drug-likeness (QED) is 0.553. The van der Waals surface area contributed by atoms with Crippen molar-refractivity contribution in [2.24, 2.45) is 5.73 Å². The molecule has 31 heavy (non-hydrogen) atoms. The predicted octanol–water partition coefficient (Wildman–Crippen LogP) is 4.12. The van der Waals surface area contributed by atoms with Crippen LogP contribution in [0.5, 0.6) is 11.5 Å². The summed E-state index contributed by atoms with van der Waals surface area (Å²) >= 11 is 6.22. The molecule has 0 atom stereocenters. The van der Waals surface area contributed by atoms with E-state index in [0.717, 1.165) is 16.7 Å². The Balaban J connectivity index is 1.73. The van der Waals surface area contributed by atoms with Gasteiger partial charge in [-0.1, -0.05) is 59.6 Å². The van der Waals surface area contributed by atoms with Gasteiger partial charge in [-0.05, 0) is 41.8 Å². The van der Waals surface area contributed by atoms with Gasteiger partial charge in [-0.25, -0.2) is 0 Å². The number of methoxy groups -OCH3 is 1. The smallest absolute Gasteiger partial charge is 0.255 e. The number of hydrogen-bond acceptors (Lipinski definition) is 4. The van der Waals surface area contributed by atoms with Crippen molar-refractivity contribution in [1.29, 1.82) is 0 Å². The zero-order chi connectivity index (χ0) is 22.4. The fourth-order valence-electron chi connectivity index (χ4n) is 3.10. The van der Waals surface area contributed by atoms with E-state index in [4.69, 9.17) is 26.8 Å². The third kappa shape index (κ3) is 5.77. The Kier molecular flexibility index (Phi) is 7.15. The van der Waals surface area contributed by atoms with Crippen LogP contribution in [-0.4, -0.2) is 25.5 Å². The summed E-state index contributed by atoms with van der Waals surface area (Å²) < 4.78 is 10.5. The van der Waals surface area contributed by atoms with Gasteiger partial charge in [0, 0.05) is 12.1 Å². The summed E-state index contributed by atoms with van der Waals surface area (Å²) in [4.78, 5) is 23.6. The van der Waals surface area contributed by atoms with E-state index in [2.05, 4.69) is 30.4 Å². The van der Waals surface area contributed by atoms with E-state index in [1.807, 2.05) is 30.3 Å². The molecule has 3 N–H and O–H groups in total. The van der Waals surface area contributed by atoms with E-state index in [0.29, 0.717) is 12.1 Å². The van der Waals surface area contributed by atoms with Crippen LogP contribution in [0.1, 0.15) is 21.5 Å². The number of hydrogen-bond donors (Lipinski definition) is 2. The van der Waals surface area contributed by atoms with Crippen molar-refractivity contribution < 1.29 is 19.1 Å². The van der Waals surface area contributed by atoms with Gasteiger partial charge < -0.3 is 20.5 Å². The normalized spacial score (nSPS) is 10.4. The average molecular weight is 439 g/mol. The maximum atomic E-state index is 12.7. The second kappa shape index (κ2) is 10.00. The van der Waals surface area contributed by atoms with Crippen LogP contribution in [-0.2, 0) is 11.3 Å². The first-order valence-corrected chi connectivity index (χ1v) is 9.98. The number of primary amides is 1. The van der Waals surface area contributed by atoms with Gasteiger partial charge in [-0.2, -0.15) is 0 Å². The van der Waals surface area contributed by atoms with Crippen LogP contribution in [0.15, 0.2) is 60.7 Å². The highest BCUT2D eigenvalue weighted by Crippen LogP contribution is 2.36. The molecule has 0 heterocycles. The molecule has 3 aromatic carbocycles. The molecule has 0 aromatic heterocycles. The van der Waals surface area contributed by atoms with Crippen LogP contribution < -0.4 is 20.5 Å². The molecule has 160 valence electrons. The van der Waals surface area contributed by atoms with Crippen molar-refractivity contribution in [2.45, 2.75) is 13.5 Å². The number of ether oxygens (including phenoxy) is 2. The Morgan fingerprint density at radius 2 is 1.74 bits per heavy atom. The summed E-state index contributed by atoms with van der Waals surface area (Å²) in [6.45, 7) is 2.05. The Hall–Kier alpha value is -3.51. The van der Waals surface area contributed by atoms with Crippen molar-refractivity contribution in [1.82, 2.24) is 5.32 Å². The molecule has 0 fully saturated rings. The van der Waals surface area contributed by atoms with E-state index in [-0.39, 0.29) is 29.0 Å². The van der Waals surface area contributed by atoms with Crippen LogP contribution in [0.25, 0.3) is 11.1 Å². The van der Waals surface area contributed by atoms with Crippen LogP contribution in [0.3, 0.4) is 0 Å². The number of carbonyl (C=O) groups is 2. The monoisotopic (exact) mass is 438 g/mol. The first kappa shape index (κ1) is 22.2. The van der Waals surface area contributed by atoms with E-state index < -0.39 is 5.91 Å². The molecule has 0 saturated carbocycles. The topological polar surface area (TPSA) is 90.7 Å². The lowest BCUT2D eigenvalue weighted by Crippen LogP contribution is -2.23. The minimum Gasteiger partial charge on any atom is -0.493 e. The Labute approximate surface area is 185 Å². The fourth-order valence-corrected chi connectivity index (χ4v) is 3.37. The molecule has 7 heteroatoms. The Morgan fingerprint density at radius 3 is 2.42 bits per heavy atom. The van der Waals surface area contributed by atoms with Crippen molar-refractivity contribution in [2.75, 3.05) is 13.7 Å². The number of nitrogens with two attached hydrogens (primary N) is 1. The molecule has 0 bridgehead atoms. The molecule has 6 nitrogen and oxygen atoms in total. The number of benzene rings is 3. The standard InChI is InChI=1S/C24H23ClN2O4/c1-15-5-3-7-17(9-15)18-8-4-6-16(10-18)13-27-24(29)19-11-20(25)23(21(12-19)30-2)31-14-22(26)28/h3-12H,13-14H2,1-2H3,(H2,26,28)(H,27,29). The van der Waals surface area contributed by atoms with Gasteiger partial charge in [-0.15, -0.1) is 0 Å². The summed E-state index contributed by atoms with van der Waals surface area (Å²) in [5.41, 5.74) is 9.76. The van der Waals surface area contributed by atoms with Crippen molar-refractivity contribution in [3.63, 3.8) is 0 Å². The van der Waals surface area contributed by atoms with Crippen LogP contribution in [0.2, 0.25) is 5.02 Å². The van der Waals surface area contributed by atoms with Gasteiger partial charge in [0.2, 0.25) is 0 Å². The third-order valence-electron chi connectivity index (χ3n) is 4.58. The van der Waals surface area contributed by atoms with E-state index in [1.54, 1.807) is 0 Å². The summed E-state index contributed by atoms with van der Waals surface area (Å²) in [6.07, 6.45) is 0. The second-order valence-electron chi connectivity index (χ2n) is 7.00. The SMILES string of the molecule is COc1cc(C(=O)NCc2cccc(-c3cccc(C)c3)c2)cc(Cl)c1OCC(N)=O. The highest BCUT2D eigenvalue weighted by molar-refractivity contribution is 6.32. The van der Waals surface area contributed by atoms with Gasteiger partial charge in [0.25, 0.3) is 11.8 Å². The predicted molar refractivity (Wildman–Crippen MR) is 120 cm³/mol. The summed E-state index contributed by atoms with van der Waals surface area (Å²) in [7, 11) is 1.42. The first-order chi connectivity index (χ1) is 14.9. The minimum atomic E-state index is -0.646. The molecule has 0 aliphatic heterocycles. The summed E-state index contributed by atoms with van der Waals surface area (Å²) in [6, 6.07) is 19.2. The zero-order valence-corrected chi connectivity index (χ0v) is 18.0. The van der Waals surface area contributed by atoms with Crippen LogP contribution in [0.4, 0.5) is 0 Å². The summed E-state index contributed by atoms with van der Waals surface area (Å²) in [5.74, 6) is -0.568. The van der Waals surface area contributed by atoms with Crippen molar-refractivity contribution in [3.8, 4) is 22.6 Å². The highest BCUT2D eigenvalue weighted by atomic mass is 35.5. The molecular formula is C24H23ClN2O4. The number of amides is 2. The molecule has 3 rings (SSSR count). The third-order valence-corrected chi connectivity index (χ3v) is 4.86. The molecule has 0 aliphatic carbocycles. The zero-order valence-electron chi connectivity index (χ0n) is 17.3. The molecule has 0 spiro atoms.